The predicted molar refractivity (Wildman–Crippen MR) is 75.9 cm³/mol. The summed E-state index contributed by atoms with van der Waals surface area (Å²) in [7, 11) is 0. The topological polar surface area (TPSA) is 76.8 Å². The fourth-order valence-corrected chi connectivity index (χ4v) is 2.49. The summed E-state index contributed by atoms with van der Waals surface area (Å²) in [6, 6.07) is 5.90. The van der Waals surface area contributed by atoms with Gasteiger partial charge in [-0.15, -0.1) is 16.9 Å². The van der Waals surface area contributed by atoms with Gasteiger partial charge in [0.05, 0.1) is 5.02 Å². The average molecular weight is 271 g/mol. The van der Waals surface area contributed by atoms with E-state index >= 15 is 0 Å². The lowest BCUT2D eigenvalue weighted by molar-refractivity contribution is 1.01. The van der Waals surface area contributed by atoms with Crippen molar-refractivity contribution in [3.8, 4) is 0 Å². The Balaban J connectivity index is 2.61. The maximum atomic E-state index is 6.10. The predicted octanol–water partition coefficient (Wildman–Crippen LogP) is 2.25. The van der Waals surface area contributed by atoms with Crippen LogP contribution in [0.25, 0.3) is 0 Å². The molecule has 0 fully saturated rings. The third-order valence-corrected chi connectivity index (χ3v) is 3.37. The number of aryl methyl sites for hydroxylation is 1. The summed E-state index contributed by atoms with van der Waals surface area (Å²) in [6.07, 6.45) is 5.33. The lowest BCUT2D eigenvalue weighted by Crippen LogP contribution is -2.21. The van der Waals surface area contributed by atoms with Gasteiger partial charge in [0.15, 0.2) is 0 Å². The lowest BCUT2D eigenvalue weighted by Gasteiger charge is -2.07. The van der Waals surface area contributed by atoms with Gasteiger partial charge < -0.3 is 11.5 Å². The minimum atomic E-state index is -0.0335. The highest BCUT2D eigenvalue weighted by Gasteiger charge is 2.04. The second-order valence-electron chi connectivity index (χ2n) is 3.29. The maximum Gasteiger partial charge on any atom is 0.211 e. The zero-order chi connectivity index (χ0) is 12.7. The molecule has 0 aliphatic heterocycles. The molecule has 1 aromatic carbocycles. The van der Waals surface area contributed by atoms with Crippen LogP contribution in [0, 0.1) is 0 Å². The summed E-state index contributed by atoms with van der Waals surface area (Å²) in [5.41, 5.74) is 11.5. The van der Waals surface area contributed by atoms with Crippen LogP contribution in [0.4, 0.5) is 0 Å². The summed E-state index contributed by atoms with van der Waals surface area (Å²) in [5, 5.41) is 8.05. The minimum absolute atomic E-state index is 0.0335. The second-order valence-corrected chi connectivity index (χ2v) is 4.52. The zero-order valence-corrected chi connectivity index (χ0v) is 11.1. The lowest BCUT2D eigenvalue weighted by atomic mass is 10.1. The molecule has 4 nitrogen and oxygen atoms in total. The van der Waals surface area contributed by atoms with Crippen molar-refractivity contribution in [1.29, 1.82) is 0 Å². The quantitative estimate of drug-likeness (QED) is 0.373. The van der Waals surface area contributed by atoms with E-state index in [1.165, 1.54) is 5.56 Å². The van der Waals surface area contributed by atoms with E-state index in [1.54, 1.807) is 18.0 Å². The molecule has 17 heavy (non-hydrogen) atoms. The standard InChI is InChI=1S/C11H15ClN4S/c1-17-10-8(4-2-6-9(10)12)5-3-7-15-16-11(13)14/h2,4,6-7H,3,5H2,1H3,(H4,13,14,16). The van der Waals surface area contributed by atoms with Crippen LogP contribution in [0.15, 0.2) is 33.3 Å². The number of benzene rings is 1. The largest absolute Gasteiger partial charge is 0.369 e. The highest BCUT2D eigenvalue weighted by Crippen LogP contribution is 2.29. The molecule has 0 aromatic heterocycles. The number of rotatable bonds is 5. The molecule has 6 heteroatoms. The molecule has 0 spiro atoms. The Morgan fingerprint density at radius 3 is 2.88 bits per heavy atom. The van der Waals surface area contributed by atoms with Crippen molar-refractivity contribution in [2.75, 3.05) is 6.26 Å². The molecule has 0 bridgehead atoms. The first-order valence-corrected chi connectivity index (χ1v) is 6.67. The molecule has 1 aromatic rings. The minimum Gasteiger partial charge on any atom is -0.369 e. The third-order valence-electron chi connectivity index (χ3n) is 2.05. The van der Waals surface area contributed by atoms with Crippen molar-refractivity contribution in [1.82, 2.24) is 0 Å². The number of guanidine groups is 1. The summed E-state index contributed by atoms with van der Waals surface area (Å²) in [4.78, 5) is 1.12. The van der Waals surface area contributed by atoms with Gasteiger partial charge in [-0.05, 0) is 30.7 Å². The van der Waals surface area contributed by atoms with Crippen molar-refractivity contribution >= 4 is 35.5 Å². The van der Waals surface area contributed by atoms with E-state index in [-0.39, 0.29) is 5.96 Å². The number of hydrogen-bond acceptors (Lipinski definition) is 3. The van der Waals surface area contributed by atoms with Crippen molar-refractivity contribution < 1.29 is 0 Å². The fourth-order valence-electron chi connectivity index (χ4n) is 1.36. The SMILES string of the molecule is CSc1c(Cl)cccc1CCC=NN=C(N)N. The van der Waals surface area contributed by atoms with E-state index in [0.717, 1.165) is 22.8 Å². The molecule has 0 aliphatic rings. The molecule has 0 amide bonds. The Labute approximate surface area is 110 Å². The molecule has 0 saturated heterocycles. The molecule has 0 radical (unpaired) electrons. The first-order chi connectivity index (χ1) is 8.15. The van der Waals surface area contributed by atoms with Crippen LogP contribution < -0.4 is 11.5 Å². The number of nitrogens with zero attached hydrogens (tertiary/aromatic N) is 2. The first-order valence-electron chi connectivity index (χ1n) is 5.07. The van der Waals surface area contributed by atoms with Gasteiger partial charge in [-0.2, -0.15) is 5.10 Å². The highest BCUT2D eigenvalue weighted by molar-refractivity contribution is 7.98. The molecule has 92 valence electrons. The van der Waals surface area contributed by atoms with Crippen molar-refractivity contribution in [3.63, 3.8) is 0 Å². The molecular formula is C11H15ClN4S. The van der Waals surface area contributed by atoms with Crippen LogP contribution in [-0.2, 0) is 6.42 Å². The van der Waals surface area contributed by atoms with Gasteiger partial charge in [-0.3, -0.25) is 0 Å². The van der Waals surface area contributed by atoms with Crippen LogP contribution in [0.1, 0.15) is 12.0 Å². The van der Waals surface area contributed by atoms with Gasteiger partial charge >= 0.3 is 0 Å². The Morgan fingerprint density at radius 2 is 2.24 bits per heavy atom. The zero-order valence-electron chi connectivity index (χ0n) is 9.56. The van der Waals surface area contributed by atoms with E-state index in [2.05, 4.69) is 16.3 Å². The number of halogens is 1. The van der Waals surface area contributed by atoms with Crippen LogP contribution in [0.5, 0.6) is 0 Å². The highest BCUT2D eigenvalue weighted by atomic mass is 35.5. The van der Waals surface area contributed by atoms with Crippen LogP contribution in [0.3, 0.4) is 0 Å². The molecule has 0 atom stereocenters. The second kappa shape index (κ2) is 7.19. The molecule has 0 heterocycles. The number of nitrogens with two attached hydrogens (primary N) is 2. The first kappa shape index (κ1) is 13.9. The van der Waals surface area contributed by atoms with E-state index in [0.29, 0.717) is 0 Å². The van der Waals surface area contributed by atoms with E-state index in [4.69, 9.17) is 23.1 Å². The number of hydrogen-bond donors (Lipinski definition) is 2. The Morgan fingerprint density at radius 1 is 1.47 bits per heavy atom. The van der Waals surface area contributed by atoms with Gasteiger partial charge in [-0.1, -0.05) is 23.7 Å². The van der Waals surface area contributed by atoms with Crippen molar-refractivity contribution in [2.45, 2.75) is 17.7 Å². The summed E-state index contributed by atoms with van der Waals surface area (Å²) in [5.74, 6) is -0.0335. The molecule has 1 rings (SSSR count). The fraction of sp³-hybridized carbons (Fsp3) is 0.273. The van der Waals surface area contributed by atoms with E-state index in [9.17, 15) is 0 Å². The Bertz CT molecular complexity index is 427. The van der Waals surface area contributed by atoms with Gasteiger partial charge in [0.2, 0.25) is 5.96 Å². The van der Waals surface area contributed by atoms with Crippen LogP contribution >= 0.6 is 23.4 Å². The van der Waals surface area contributed by atoms with Crippen molar-refractivity contribution in [2.24, 2.45) is 21.7 Å². The van der Waals surface area contributed by atoms with Gasteiger partial charge in [0.25, 0.3) is 0 Å². The molecule has 0 unspecified atom stereocenters. The monoisotopic (exact) mass is 270 g/mol. The molecule has 4 N–H and O–H groups in total. The normalized spacial score (nSPS) is 10.7. The third kappa shape index (κ3) is 4.66. The van der Waals surface area contributed by atoms with Gasteiger partial charge in [-0.25, -0.2) is 0 Å². The average Bonchev–Trinajstić information content (AvgIpc) is 2.28. The molecular weight excluding hydrogens is 256 g/mol. The van der Waals surface area contributed by atoms with Crippen molar-refractivity contribution in [3.05, 3.63) is 28.8 Å². The summed E-state index contributed by atoms with van der Waals surface area (Å²) < 4.78 is 0. The van der Waals surface area contributed by atoms with E-state index in [1.807, 2.05) is 18.4 Å². The van der Waals surface area contributed by atoms with Gasteiger partial charge in [0.1, 0.15) is 0 Å². The smallest absolute Gasteiger partial charge is 0.211 e. The molecule has 0 aliphatic carbocycles. The number of thioether (sulfide) groups is 1. The maximum absolute atomic E-state index is 6.10. The summed E-state index contributed by atoms with van der Waals surface area (Å²) >= 11 is 7.75. The Kier molecular flexibility index (Phi) is 5.86. The molecule has 0 saturated carbocycles. The van der Waals surface area contributed by atoms with Crippen LogP contribution in [0.2, 0.25) is 5.02 Å². The van der Waals surface area contributed by atoms with E-state index < -0.39 is 0 Å². The van der Waals surface area contributed by atoms with Crippen LogP contribution in [-0.4, -0.2) is 18.4 Å². The summed E-state index contributed by atoms with van der Waals surface area (Å²) in [6.45, 7) is 0. The Hall–Kier alpha value is -1.20. The van der Waals surface area contributed by atoms with Gasteiger partial charge in [0, 0.05) is 11.1 Å².